The lowest BCUT2D eigenvalue weighted by molar-refractivity contribution is 0.162. The van der Waals surface area contributed by atoms with Gasteiger partial charge in [0.05, 0.1) is 17.0 Å². The van der Waals surface area contributed by atoms with Crippen LogP contribution >= 0.6 is 0 Å². The maximum atomic E-state index is 11.9. The molecule has 1 aliphatic heterocycles. The number of rotatable bonds is 4. The fourth-order valence-electron chi connectivity index (χ4n) is 1.60. The molecule has 1 aromatic rings. The van der Waals surface area contributed by atoms with E-state index in [1.807, 2.05) is 6.92 Å². The second-order valence-corrected chi connectivity index (χ2v) is 6.41. The summed E-state index contributed by atoms with van der Waals surface area (Å²) in [6.45, 7) is 3.43. The molecule has 1 fully saturated rings. The molecule has 19 heavy (non-hydrogen) atoms. The molecule has 1 aromatic carbocycles. The topological polar surface area (TPSA) is 81.7 Å². The third-order valence-electron chi connectivity index (χ3n) is 2.77. The van der Waals surface area contributed by atoms with E-state index in [9.17, 15) is 13.2 Å². The molecule has 1 heterocycles. The van der Waals surface area contributed by atoms with Crippen molar-refractivity contribution in [1.29, 1.82) is 0 Å². The van der Waals surface area contributed by atoms with Crippen molar-refractivity contribution in [2.45, 2.75) is 24.3 Å². The van der Waals surface area contributed by atoms with Crippen molar-refractivity contribution in [3.05, 3.63) is 29.8 Å². The number of cyclic esters (lactones) is 1. The van der Waals surface area contributed by atoms with Gasteiger partial charge in [0.15, 0.2) is 0 Å². The highest BCUT2D eigenvalue weighted by atomic mass is 32.2. The fraction of sp³-hybridized carbons (Fsp3) is 0.417. The van der Waals surface area contributed by atoms with Crippen LogP contribution in [-0.2, 0) is 19.0 Å². The summed E-state index contributed by atoms with van der Waals surface area (Å²) in [7, 11) is -3.83. The number of hydrogen-bond donors (Lipinski definition) is 1. The van der Waals surface area contributed by atoms with Gasteiger partial charge in [-0.3, -0.25) is 4.18 Å². The largest absolute Gasteiger partial charge is 0.447 e. The Morgan fingerprint density at radius 2 is 2.00 bits per heavy atom. The SMILES string of the molecule is Cc1ccc(S(=O)(=O)OCC2(C)COC(=O)N2)cc1. The number of nitrogens with one attached hydrogen (secondary N) is 1. The van der Waals surface area contributed by atoms with Crippen molar-refractivity contribution in [2.75, 3.05) is 13.2 Å². The van der Waals surface area contributed by atoms with Crippen molar-refractivity contribution in [3.63, 3.8) is 0 Å². The highest BCUT2D eigenvalue weighted by molar-refractivity contribution is 7.86. The van der Waals surface area contributed by atoms with E-state index < -0.39 is 21.8 Å². The minimum Gasteiger partial charge on any atom is -0.447 e. The number of alkyl carbamates (subject to hydrolysis) is 1. The Labute approximate surface area is 111 Å². The highest BCUT2D eigenvalue weighted by Crippen LogP contribution is 2.18. The molecule has 1 aliphatic rings. The van der Waals surface area contributed by atoms with Crippen LogP contribution in [-0.4, -0.2) is 33.3 Å². The summed E-state index contributed by atoms with van der Waals surface area (Å²) in [5.41, 5.74) is 0.136. The molecule has 104 valence electrons. The van der Waals surface area contributed by atoms with Gasteiger partial charge in [-0.25, -0.2) is 4.79 Å². The Morgan fingerprint density at radius 3 is 2.53 bits per heavy atom. The predicted molar refractivity (Wildman–Crippen MR) is 67.2 cm³/mol. The number of ether oxygens (including phenoxy) is 1. The molecule has 1 amide bonds. The summed E-state index contributed by atoms with van der Waals surface area (Å²) in [5, 5.41) is 2.51. The molecule has 0 saturated carbocycles. The van der Waals surface area contributed by atoms with Gasteiger partial charge in [0.1, 0.15) is 6.61 Å². The highest BCUT2D eigenvalue weighted by Gasteiger charge is 2.36. The van der Waals surface area contributed by atoms with Gasteiger partial charge in [-0.15, -0.1) is 0 Å². The van der Waals surface area contributed by atoms with E-state index in [2.05, 4.69) is 5.32 Å². The lowest BCUT2D eigenvalue weighted by Gasteiger charge is -2.20. The summed E-state index contributed by atoms with van der Waals surface area (Å²) in [4.78, 5) is 11.0. The third-order valence-corrected chi connectivity index (χ3v) is 4.05. The molecule has 2 rings (SSSR count). The van der Waals surface area contributed by atoms with Crippen LogP contribution < -0.4 is 5.32 Å². The van der Waals surface area contributed by atoms with Crippen molar-refractivity contribution in [3.8, 4) is 0 Å². The van der Waals surface area contributed by atoms with Crippen molar-refractivity contribution in [2.24, 2.45) is 0 Å². The van der Waals surface area contributed by atoms with Crippen LogP contribution in [0.1, 0.15) is 12.5 Å². The summed E-state index contributed by atoms with van der Waals surface area (Å²) in [5.74, 6) is 0. The monoisotopic (exact) mass is 285 g/mol. The van der Waals surface area contributed by atoms with E-state index in [0.29, 0.717) is 0 Å². The quantitative estimate of drug-likeness (QED) is 0.841. The Kier molecular flexibility index (Phi) is 3.51. The molecule has 0 spiro atoms. The van der Waals surface area contributed by atoms with Crippen LogP contribution in [0.3, 0.4) is 0 Å². The van der Waals surface area contributed by atoms with E-state index in [1.165, 1.54) is 12.1 Å². The number of amides is 1. The minimum atomic E-state index is -3.83. The van der Waals surface area contributed by atoms with Gasteiger partial charge in [-0.2, -0.15) is 8.42 Å². The van der Waals surface area contributed by atoms with Gasteiger partial charge in [-0.05, 0) is 26.0 Å². The second kappa shape index (κ2) is 4.82. The predicted octanol–water partition coefficient (Wildman–Crippen LogP) is 1.20. The first kappa shape index (κ1) is 13.8. The van der Waals surface area contributed by atoms with Gasteiger partial charge >= 0.3 is 6.09 Å². The van der Waals surface area contributed by atoms with Gasteiger partial charge in [-0.1, -0.05) is 17.7 Å². The van der Waals surface area contributed by atoms with Crippen molar-refractivity contribution >= 4 is 16.2 Å². The average molecular weight is 285 g/mol. The number of aryl methyl sites for hydroxylation is 1. The third kappa shape index (κ3) is 3.24. The summed E-state index contributed by atoms with van der Waals surface area (Å²) >= 11 is 0. The van der Waals surface area contributed by atoms with Crippen LogP contribution in [0, 0.1) is 6.92 Å². The fourth-order valence-corrected chi connectivity index (χ4v) is 2.62. The van der Waals surface area contributed by atoms with Crippen molar-refractivity contribution in [1.82, 2.24) is 5.32 Å². The lowest BCUT2D eigenvalue weighted by atomic mass is 10.1. The first-order valence-corrected chi connectivity index (χ1v) is 7.13. The van der Waals surface area contributed by atoms with Gasteiger partial charge in [0.2, 0.25) is 0 Å². The first-order valence-electron chi connectivity index (χ1n) is 5.72. The molecule has 1 N–H and O–H groups in total. The molecule has 7 heteroatoms. The van der Waals surface area contributed by atoms with E-state index in [1.54, 1.807) is 19.1 Å². The zero-order valence-corrected chi connectivity index (χ0v) is 11.5. The Bertz CT molecular complexity index is 581. The molecule has 1 unspecified atom stereocenters. The Balaban J connectivity index is 2.06. The number of hydrogen-bond acceptors (Lipinski definition) is 5. The first-order chi connectivity index (χ1) is 8.81. The maximum absolute atomic E-state index is 11.9. The molecule has 0 radical (unpaired) electrons. The molecule has 0 bridgehead atoms. The average Bonchev–Trinajstić information content (AvgIpc) is 2.68. The van der Waals surface area contributed by atoms with E-state index >= 15 is 0 Å². The van der Waals surface area contributed by atoms with Crippen LogP contribution in [0.25, 0.3) is 0 Å². The van der Waals surface area contributed by atoms with Gasteiger partial charge < -0.3 is 10.1 Å². The number of benzene rings is 1. The molecule has 6 nitrogen and oxygen atoms in total. The van der Waals surface area contributed by atoms with E-state index in [0.717, 1.165) is 5.56 Å². The molecule has 0 aromatic heterocycles. The molecular formula is C12H15NO5S. The van der Waals surface area contributed by atoms with Crippen LogP contribution in [0.2, 0.25) is 0 Å². The summed E-state index contributed by atoms with van der Waals surface area (Å²) in [6.07, 6.45) is -0.571. The standard InChI is InChI=1S/C12H15NO5S/c1-9-3-5-10(6-4-9)19(15,16)18-8-12(2)7-17-11(14)13-12/h3-6H,7-8H2,1-2H3,(H,13,14). The zero-order valence-electron chi connectivity index (χ0n) is 10.7. The Hall–Kier alpha value is -1.60. The van der Waals surface area contributed by atoms with E-state index in [4.69, 9.17) is 8.92 Å². The zero-order chi connectivity index (χ0) is 14.1. The molecule has 1 atom stereocenters. The molecule has 0 aliphatic carbocycles. The smallest absolute Gasteiger partial charge is 0.407 e. The van der Waals surface area contributed by atoms with Gasteiger partial charge in [0, 0.05) is 0 Å². The molecular weight excluding hydrogens is 270 g/mol. The van der Waals surface area contributed by atoms with Crippen molar-refractivity contribution < 1.29 is 22.1 Å². The van der Waals surface area contributed by atoms with E-state index in [-0.39, 0.29) is 18.1 Å². The van der Waals surface area contributed by atoms with Crippen LogP contribution in [0.4, 0.5) is 4.79 Å². The minimum absolute atomic E-state index is 0.0786. The summed E-state index contributed by atoms with van der Waals surface area (Å²) < 4.78 is 33.6. The number of carbonyl (C=O) groups is 1. The van der Waals surface area contributed by atoms with Gasteiger partial charge in [0.25, 0.3) is 10.1 Å². The van der Waals surface area contributed by atoms with Crippen LogP contribution in [0.15, 0.2) is 29.2 Å². The summed E-state index contributed by atoms with van der Waals surface area (Å²) in [6, 6.07) is 6.35. The maximum Gasteiger partial charge on any atom is 0.407 e. The number of carbonyl (C=O) groups excluding carboxylic acids is 1. The Morgan fingerprint density at radius 1 is 1.37 bits per heavy atom. The van der Waals surface area contributed by atoms with Crippen LogP contribution in [0.5, 0.6) is 0 Å². The second-order valence-electron chi connectivity index (χ2n) is 4.79. The normalized spacial score (nSPS) is 22.9. The molecule has 1 saturated heterocycles. The lowest BCUT2D eigenvalue weighted by Crippen LogP contribution is -2.45.